The lowest BCUT2D eigenvalue weighted by Gasteiger charge is -2.11. The first-order valence-electron chi connectivity index (χ1n) is 9.78. The molecule has 0 bridgehead atoms. The molecule has 28 heavy (non-hydrogen) atoms. The molecule has 0 saturated carbocycles. The van der Waals surface area contributed by atoms with Crippen molar-refractivity contribution in [3.05, 3.63) is 45.9 Å². The number of hydrogen-bond acceptors (Lipinski definition) is 5. The topological polar surface area (TPSA) is 89.0 Å². The number of amides is 1. The summed E-state index contributed by atoms with van der Waals surface area (Å²) >= 11 is 1.26. The number of H-pyrrole nitrogens is 1. The van der Waals surface area contributed by atoms with Crippen molar-refractivity contribution in [1.82, 2.24) is 20.1 Å². The number of nitrogens with one attached hydrogen (secondary N) is 2. The van der Waals surface area contributed by atoms with Crippen LogP contribution in [0, 0.1) is 0 Å². The second-order valence-electron chi connectivity index (χ2n) is 7.34. The van der Waals surface area contributed by atoms with Crippen LogP contribution >= 0.6 is 11.8 Å². The summed E-state index contributed by atoms with van der Waals surface area (Å²) in [4.78, 5) is 24.1. The Morgan fingerprint density at radius 1 is 1.39 bits per heavy atom. The van der Waals surface area contributed by atoms with Crippen LogP contribution in [0.3, 0.4) is 0 Å². The smallest absolute Gasteiger partial charge is 0.344 e. The number of hydrogen-bond donors (Lipinski definition) is 2. The van der Waals surface area contributed by atoms with E-state index in [0.29, 0.717) is 24.2 Å². The fourth-order valence-electron chi connectivity index (χ4n) is 3.16. The first-order valence-corrected chi connectivity index (χ1v) is 10.8. The van der Waals surface area contributed by atoms with Crippen molar-refractivity contribution < 1.29 is 9.53 Å². The van der Waals surface area contributed by atoms with Gasteiger partial charge in [0.1, 0.15) is 0 Å². The lowest BCUT2D eigenvalue weighted by Crippen LogP contribution is -2.28. The molecule has 1 saturated heterocycles. The van der Waals surface area contributed by atoms with E-state index in [1.807, 2.05) is 0 Å². The van der Waals surface area contributed by atoms with Crippen molar-refractivity contribution in [3.63, 3.8) is 0 Å². The van der Waals surface area contributed by atoms with E-state index in [1.165, 1.54) is 22.9 Å². The number of aromatic amines is 1. The maximum absolute atomic E-state index is 12.1. The van der Waals surface area contributed by atoms with Crippen LogP contribution in [0.4, 0.5) is 0 Å². The number of benzene rings is 1. The van der Waals surface area contributed by atoms with Gasteiger partial charge in [-0.2, -0.15) is 0 Å². The zero-order valence-electron chi connectivity index (χ0n) is 16.4. The van der Waals surface area contributed by atoms with Gasteiger partial charge in [-0.05, 0) is 36.3 Å². The molecule has 1 fully saturated rings. The van der Waals surface area contributed by atoms with Gasteiger partial charge in [-0.3, -0.25) is 9.36 Å². The standard InChI is InChI=1S/C20H28N4O3S/c1-14(2)16-7-5-15(6-8-16)9-10-21-18(25)13-28-20-23-22-19(26)24(20)12-17-4-3-11-27-17/h5-8,14,17H,3-4,9-13H2,1-2H3,(H,21,25)(H,22,26)/t17-/m0/s1. The summed E-state index contributed by atoms with van der Waals surface area (Å²) in [5, 5.41) is 9.95. The fourth-order valence-corrected chi connectivity index (χ4v) is 3.95. The normalized spacial score (nSPS) is 16.6. The van der Waals surface area contributed by atoms with E-state index in [1.54, 1.807) is 4.57 Å². The van der Waals surface area contributed by atoms with E-state index in [-0.39, 0.29) is 23.5 Å². The zero-order valence-corrected chi connectivity index (χ0v) is 17.3. The maximum atomic E-state index is 12.1. The highest BCUT2D eigenvalue weighted by atomic mass is 32.2. The third kappa shape index (κ3) is 5.72. The molecule has 152 valence electrons. The Hall–Kier alpha value is -2.06. The Morgan fingerprint density at radius 3 is 2.86 bits per heavy atom. The molecular formula is C20H28N4O3S. The van der Waals surface area contributed by atoms with Crippen LogP contribution in [0.25, 0.3) is 0 Å². The quantitative estimate of drug-likeness (QED) is 0.626. The van der Waals surface area contributed by atoms with Crippen molar-refractivity contribution in [2.75, 3.05) is 18.9 Å². The number of nitrogens with zero attached hydrogens (tertiary/aromatic N) is 2. The molecule has 1 aromatic heterocycles. The summed E-state index contributed by atoms with van der Waals surface area (Å²) in [5.74, 6) is 0.676. The van der Waals surface area contributed by atoms with Crippen LogP contribution in [-0.4, -0.2) is 45.7 Å². The number of thioether (sulfide) groups is 1. The van der Waals surface area contributed by atoms with Gasteiger partial charge in [0.15, 0.2) is 5.16 Å². The van der Waals surface area contributed by atoms with Crippen LogP contribution in [0.5, 0.6) is 0 Å². The van der Waals surface area contributed by atoms with Gasteiger partial charge in [0.2, 0.25) is 5.91 Å². The molecule has 0 aliphatic carbocycles. The van der Waals surface area contributed by atoms with Gasteiger partial charge in [0.05, 0.1) is 18.4 Å². The van der Waals surface area contributed by atoms with E-state index in [4.69, 9.17) is 4.74 Å². The van der Waals surface area contributed by atoms with Gasteiger partial charge >= 0.3 is 5.69 Å². The van der Waals surface area contributed by atoms with Gasteiger partial charge in [-0.1, -0.05) is 49.9 Å². The summed E-state index contributed by atoms with van der Waals surface area (Å²) in [5.41, 5.74) is 2.26. The van der Waals surface area contributed by atoms with Gasteiger partial charge in [-0.25, -0.2) is 9.89 Å². The van der Waals surface area contributed by atoms with E-state index >= 15 is 0 Å². The van der Waals surface area contributed by atoms with Crippen LogP contribution in [0.2, 0.25) is 0 Å². The third-order valence-corrected chi connectivity index (χ3v) is 5.82. The Morgan fingerprint density at radius 2 is 2.18 bits per heavy atom. The van der Waals surface area contributed by atoms with Crippen LogP contribution in [-0.2, 0) is 22.5 Å². The second kappa shape index (κ2) is 9.93. The number of carbonyl (C=O) groups excluding carboxylic acids is 1. The summed E-state index contributed by atoms with van der Waals surface area (Å²) in [6, 6.07) is 8.51. The van der Waals surface area contributed by atoms with Crippen LogP contribution in [0.15, 0.2) is 34.2 Å². The van der Waals surface area contributed by atoms with Crippen molar-refractivity contribution in [2.24, 2.45) is 0 Å². The Balaban J connectivity index is 1.42. The lowest BCUT2D eigenvalue weighted by molar-refractivity contribution is -0.118. The van der Waals surface area contributed by atoms with E-state index in [9.17, 15) is 9.59 Å². The SMILES string of the molecule is CC(C)c1ccc(CCNC(=O)CSc2n[nH]c(=O)n2C[C@@H]2CCCO2)cc1. The largest absolute Gasteiger partial charge is 0.376 e. The Labute approximate surface area is 169 Å². The number of ether oxygens (including phenoxy) is 1. The van der Waals surface area contributed by atoms with Crippen LogP contribution in [0.1, 0.15) is 43.7 Å². The molecule has 0 spiro atoms. The number of carbonyl (C=O) groups is 1. The van der Waals surface area contributed by atoms with Gasteiger partial charge < -0.3 is 10.1 Å². The van der Waals surface area contributed by atoms with Gasteiger partial charge in [0.25, 0.3) is 0 Å². The highest BCUT2D eigenvalue weighted by Crippen LogP contribution is 2.18. The summed E-state index contributed by atoms with van der Waals surface area (Å²) in [6.07, 6.45) is 2.80. The lowest BCUT2D eigenvalue weighted by atomic mass is 10.0. The van der Waals surface area contributed by atoms with Crippen LogP contribution < -0.4 is 11.0 Å². The molecule has 7 nitrogen and oxygen atoms in total. The third-order valence-electron chi connectivity index (χ3n) is 4.85. The molecule has 3 rings (SSSR count). The molecule has 0 radical (unpaired) electrons. The Kier molecular flexibility index (Phi) is 7.33. The van der Waals surface area contributed by atoms with Gasteiger partial charge in [-0.15, -0.1) is 5.10 Å². The molecule has 8 heteroatoms. The number of rotatable bonds is 9. The van der Waals surface area contributed by atoms with Crippen molar-refractivity contribution in [1.29, 1.82) is 0 Å². The molecule has 1 amide bonds. The zero-order chi connectivity index (χ0) is 19.9. The molecule has 2 N–H and O–H groups in total. The predicted octanol–water partition coefficient (Wildman–Crippen LogP) is 2.32. The van der Waals surface area contributed by atoms with Gasteiger partial charge in [0, 0.05) is 13.2 Å². The first kappa shape index (κ1) is 20.7. The van der Waals surface area contributed by atoms with E-state index < -0.39 is 0 Å². The molecule has 1 aliphatic rings. The molecule has 2 aromatic rings. The van der Waals surface area contributed by atoms with E-state index in [0.717, 1.165) is 25.9 Å². The molecule has 2 heterocycles. The fraction of sp³-hybridized carbons (Fsp3) is 0.550. The van der Waals surface area contributed by atoms with Crippen molar-refractivity contribution in [3.8, 4) is 0 Å². The summed E-state index contributed by atoms with van der Waals surface area (Å²) in [6.45, 7) is 6.15. The highest BCUT2D eigenvalue weighted by Gasteiger charge is 2.20. The monoisotopic (exact) mass is 404 g/mol. The Bertz CT molecular complexity index is 823. The molecule has 1 atom stereocenters. The summed E-state index contributed by atoms with van der Waals surface area (Å²) < 4.78 is 7.15. The molecule has 0 unspecified atom stereocenters. The first-order chi connectivity index (χ1) is 13.5. The molecular weight excluding hydrogens is 376 g/mol. The molecule has 1 aliphatic heterocycles. The molecule has 1 aromatic carbocycles. The van der Waals surface area contributed by atoms with Crippen molar-refractivity contribution in [2.45, 2.75) is 56.8 Å². The number of aromatic nitrogens is 3. The highest BCUT2D eigenvalue weighted by molar-refractivity contribution is 7.99. The average molecular weight is 405 g/mol. The minimum absolute atomic E-state index is 0.0468. The minimum atomic E-state index is -0.261. The minimum Gasteiger partial charge on any atom is -0.376 e. The predicted molar refractivity (Wildman–Crippen MR) is 110 cm³/mol. The van der Waals surface area contributed by atoms with Crippen molar-refractivity contribution >= 4 is 17.7 Å². The maximum Gasteiger partial charge on any atom is 0.344 e. The average Bonchev–Trinajstić information content (AvgIpc) is 3.32. The van der Waals surface area contributed by atoms with E-state index in [2.05, 4.69) is 53.6 Å². The second-order valence-corrected chi connectivity index (χ2v) is 8.28. The summed E-state index contributed by atoms with van der Waals surface area (Å²) in [7, 11) is 0.